The van der Waals surface area contributed by atoms with Crippen LogP contribution in [0.25, 0.3) is 0 Å². The molecule has 0 spiro atoms. The number of carbonyl (C=O) groups excluding carboxylic acids is 3. The summed E-state index contributed by atoms with van der Waals surface area (Å²) in [5, 5.41) is 29.6. The van der Waals surface area contributed by atoms with E-state index in [1.165, 1.54) is 55.2 Å². The molecule has 0 atom stereocenters. The van der Waals surface area contributed by atoms with E-state index >= 15 is 0 Å². The van der Waals surface area contributed by atoms with Crippen LogP contribution < -0.4 is 15.3 Å². The maximum Gasteiger partial charge on any atom is 3.00 e. The monoisotopic (exact) mass is 385 g/mol. The standard InChI is InChI=1S/3C5H4O3.Cr/c3*6-5(7)4-2-1-3-8-4;/h3*1-3H,(H,6,7);/q;;;+3/p-3. The van der Waals surface area contributed by atoms with Gasteiger partial charge in [-0.15, -0.1) is 0 Å². The van der Waals surface area contributed by atoms with Gasteiger partial charge in [0.05, 0.1) is 18.8 Å². The van der Waals surface area contributed by atoms with Gasteiger partial charge >= 0.3 is 17.4 Å². The molecule has 0 aliphatic carbocycles. The fourth-order valence-corrected chi connectivity index (χ4v) is 1.18. The van der Waals surface area contributed by atoms with Gasteiger partial charge in [0.2, 0.25) is 0 Å². The second-order valence-corrected chi connectivity index (χ2v) is 3.79. The van der Waals surface area contributed by atoms with Gasteiger partial charge < -0.3 is 43.0 Å². The van der Waals surface area contributed by atoms with E-state index in [2.05, 4.69) is 13.3 Å². The van der Waals surface area contributed by atoms with Crippen LogP contribution in [0, 0.1) is 0 Å². The van der Waals surface area contributed by atoms with Crippen LogP contribution in [0.1, 0.15) is 31.7 Å². The maximum atomic E-state index is 9.86. The Hall–Kier alpha value is -3.22. The summed E-state index contributed by atoms with van der Waals surface area (Å²) in [5.41, 5.74) is 0. The van der Waals surface area contributed by atoms with Crippen LogP contribution >= 0.6 is 0 Å². The molecule has 0 bridgehead atoms. The predicted molar refractivity (Wildman–Crippen MR) is 69.1 cm³/mol. The Labute approximate surface area is 151 Å². The van der Waals surface area contributed by atoms with Crippen LogP contribution in [-0.2, 0) is 17.4 Å². The van der Waals surface area contributed by atoms with Gasteiger partial charge in [-0.2, -0.15) is 0 Å². The van der Waals surface area contributed by atoms with Gasteiger partial charge in [-0.25, -0.2) is 0 Å². The van der Waals surface area contributed by atoms with Crippen molar-refractivity contribution in [3.05, 3.63) is 72.5 Å². The first-order chi connectivity index (χ1) is 11.4. The van der Waals surface area contributed by atoms with Gasteiger partial charge in [0.25, 0.3) is 0 Å². The molecule has 3 aromatic heterocycles. The molecule has 0 aliphatic heterocycles. The van der Waals surface area contributed by atoms with Crippen molar-refractivity contribution in [1.29, 1.82) is 0 Å². The fraction of sp³-hybridized carbons (Fsp3) is 0. The molecule has 0 fully saturated rings. The predicted octanol–water partition coefficient (Wildman–Crippen LogP) is -1.07. The molecule has 129 valence electrons. The molecule has 0 saturated heterocycles. The quantitative estimate of drug-likeness (QED) is 0.546. The van der Waals surface area contributed by atoms with Gasteiger partial charge in [0.15, 0.2) is 0 Å². The zero-order valence-electron chi connectivity index (χ0n) is 12.3. The zero-order valence-corrected chi connectivity index (χ0v) is 13.6. The Morgan fingerprint density at radius 3 is 0.920 bits per heavy atom. The molecule has 10 heteroatoms. The molecule has 0 unspecified atom stereocenters. The second kappa shape index (κ2) is 11.3. The van der Waals surface area contributed by atoms with Crippen LogP contribution in [0.5, 0.6) is 0 Å². The van der Waals surface area contributed by atoms with E-state index in [1.54, 1.807) is 0 Å². The third kappa shape index (κ3) is 8.27. The minimum absolute atomic E-state index is 0. The Balaban J connectivity index is 0.000000339. The van der Waals surface area contributed by atoms with E-state index in [4.69, 9.17) is 0 Å². The Kier molecular flexibility index (Phi) is 9.88. The maximum absolute atomic E-state index is 9.86. The van der Waals surface area contributed by atoms with Crippen molar-refractivity contribution in [2.24, 2.45) is 0 Å². The summed E-state index contributed by atoms with van der Waals surface area (Å²) in [7, 11) is 0. The van der Waals surface area contributed by atoms with Crippen molar-refractivity contribution >= 4 is 17.9 Å². The summed E-state index contributed by atoms with van der Waals surface area (Å²) in [6, 6.07) is 8.46. The van der Waals surface area contributed by atoms with E-state index in [0.717, 1.165) is 0 Å². The minimum atomic E-state index is -1.28. The number of carboxylic acid groups (broad SMARTS) is 3. The van der Waals surface area contributed by atoms with Crippen molar-refractivity contribution in [3.63, 3.8) is 0 Å². The first kappa shape index (κ1) is 21.8. The number of furan rings is 3. The average molecular weight is 385 g/mol. The molecule has 1 radical (unpaired) electrons. The normalized spacial score (nSPS) is 8.64. The number of hydrogen-bond donors (Lipinski definition) is 0. The van der Waals surface area contributed by atoms with Gasteiger partial charge in [-0.1, -0.05) is 0 Å². The van der Waals surface area contributed by atoms with E-state index < -0.39 is 17.9 Å². The summed E-state index contributed by atoms with van der Waals surface area (Å²) in [4.78, 5) is 29.6. The second-order valence-electron chi connectivity index (χ2n) is 3.79. The summed E-state index contributed by atoms with van der Waals surface area (Å²) in [6.45, 7) is 0. The summed E-state index contributed by atoms with van der Waals surface area (Å²) in [6.07, 6.45) is 3.85. The fourth-order valence-electron chi connectivity index (χ4n) is 1.18. The molecule has 25 heavy (non-hydrogen) atoms. The smallest absolute Gasteiger partial charge is 0.542 e. The molecule has 9 nitrogen and oxygen atoms in total. The molecule has 3 heterocycles. The first-order valence-corrected chi connectivity index (χ1v) is 6.16. The average Bonchev–Trinajstić information content (AvgIpc) is 3.29. The molecule has 0 aromatic carbocycles. The number of hydrogen-bond acceptors (Lipinski definition) is 9. The van der Waals surface area contributed by atoms with E-state index in [1.807, 2.05) is 0 Å². The topological polar surface area (TPSA) is 160 Å². The van der Waals surface area contributed by atoms with Crippen molar-refractivity contribution < 1.29 is 60.3 Å². The summed E-state index contributed by atoms with van der Waals surface area (Å²) >= 11 is 0. The van der Waals surface area contributed by atoms with Crippen molar-refractivity contribution in [2.45, 2.75) is 0 Å². The minimum Gasteiger partial charge on any atom is -0.542 e. The molecular weight excluding hydrogens is 376 g/mol. The van der Waals surface area contributed by atoms with Crippen LogP contribution in [-0.4, -0.2) is 17.9 Å². The third-order valence-corrected chi connectivity index (χ3v) is 2.17. The van der Waals surface area contributed by atoms with Gasteiger partial charge in [0.1, 0.15) is 35.2 Å². The van der Waals surface area contributed by atoms with Crippen molar-refractivity contribution in [1.82, 2.24) is 0 Å². The molecule has 3 aromatic rings. The van der Waals surface area contributed by atoms with E-state index in [9.17, 15) is 29.7 Å². The Bertz CT molecular complexity index is 638. The molecule has 0 saturated carbocycles. The van der Waals surface area contributed by atoms with E-state index in [0.29, 0.717) is 0 Å². The zero-order chi connectivity index (χ0) is 17.9. The number of carboxylic acids is 3. The van der Waals surface area contributed by atoms with Crippen molar-refractivity contribution in [3.8, 4) is 0 Å². The first-order valence-electron chi connectivity index (χ1n) is 6.16. The third-order valence-electron chi connectivity index (χ3n) is 2.17. The largest absolute Gasteiger partial charge is 3.00 e. The molecule has 0 amide bonds. The van der Waals surface area contributed by atoms with Crippen LogP contribution in [0.15, 0.2) is 68.4 Å². The Morgan fingerprint density at radius 2 is 0.840 bits per heavy atom. The summed E-state index contributed by atoms with van der Waals surface area (Å²) in [5.74, 6) is -4.25. The van der Waals surface area contributed by atoms with Gasteiger partial charge in [-0.05, 0) is 36.4 Å². The van der Waals surface area contributed by atoms with E-state index in [-0.39, 0.29) is 34.6 Å². The summed E-state index contributed by atoms with van der Waals surface area (Å²) < 4.78 is 13.3. The number of aromatic carboxylic acids is 3. The molecular formula is C15H9CrO9. The number of rotatable bonds is 3. The molecule has 3 rings (SSSR count). The van der Waals surface area contributed by atoms with Crippen LogP contribution in [0.3, 0.4) is 0 Å². The number of carbonyl (C=O) groups is 3. The molecule has 0 N–H and O–H groups in total. The van der Waals surface area contributed by atoms with Gasteiger partial charge in [-0.3, -0.25) is 0 Å². The SMILES string of the molecule is O=C([O-])c1ccco1.O=C([O-])c1ccco1.O=C([O-])c1ccco1.[Cr+3]. The van der Waals surface area contributed by atoms with Crippen molar-refractivity contribution in [2.75, 3.05) is 0 Å². The van der Waals surface area contributed by atoms with Crippen LogP contribution in [0.4, 0.5) is 0 Å². The Morgan fingerprint density at radius 1 is 0.600 bits per heavy atom. The van der Waals surface area contributed by atoms with Crippen LogP contribution in [0.2, 0.25) is 0 Å². The van der Waals surface area contributed by atoms with Gasteiger partial charge in [0, 0.05) is 0 Å². The molecule has 0 aliphatic rings.